The molecule has 5 aromatic rings. The topological polar surface area (TPSA) is 0 Å². The van der Waals surface area contributed by atoms with Crippen molar-refractivity contribution in [2.45, 2.75) is 0 Å². The maximum Gasteiger partial charge on any atom is 0.0412 e. The average molecular weight is 406 g/mol. The Kier molecular flexibility index (Phi) is 5.39. The molecule has 0 aliphatic carbocycles. The van der Waals surface area contributed by atoms with Crippen LogP contribution in [0.3, 0.4) is 0 Å². The van der Waals surface area contributed by atoms with E-state index in [-0.39, 0.29) is 0 Å². The molecule has 0 unspecified atom stereocenters. The first-order valence-corrected chi connectivity index (χ1v) is 10.7. The van der Waals surface area contributed by atoms with Gasteiger partial charge in [0.05, 0.1) is 0 Å². The number of rotatable bonds is 4. The first kappa shape index (κ1) is 19.6. The van der Waals surface area contributed by atoms with Crippen LogP contribution in [0.5, 0.6) is 0 Å². The lowest BCUT2D eigenvalue weighted by Crippen LogP contribution is -1.98. The van der Waals surface area contributed by atoms with Gasteiger partial charge in [0.15, 0.2) is 0 Å². The molecule has 0 saturated carbocycles. The van der Waals surface area contributed by atoms with Crippen LogP contribution in [0.25, 0.3) is 44.5 Å². The fourth-order valence-electron chi connectivity index (χ4n) is 4.20. The molecule has 0 atom stereocenters. The van der Waals surface area contributed by atoms with Crippen LogP contribution in [-0.4, -0.2) is 0 Å². The summed E-state index contributed by atoms with van der Waals surface area (Å²) in [7, 11) is 0. The predicted molar refractivity (Wildman–Crippen MR) is 135 cm³/mol. The van der Waals surface area contributed by atoms with E-state index in [1.54, 1.807) is 0 Å². The molecular weight excluding hydrogens is 384 g/mol. The molecule has 0 aliphatic heterocycles. The Balaban J connectivity index is 1.97. The molecule has 0 nitrogen and oxygen atoms in total. The molecule has 0 heteroatoms. The van der Waals surface area contributed by atoms with E-state index in [9.17, 15) is 0 Å². The van der Waals surface area contributed by atoms with Gasteiger partial charge in [0.2, 0.25) is 0 Å². The smallest absolute Gasteiger partial charge is 0.0412 e. The van der Waals surface area contributed by atoms with Crippen molar-refractivity contribution in [2.75, 3.05) is 0 Å². The summed E-state index contributed by atoms with van der Waals surface area (Å²) in [6.45, 7) is 0. The molecule has 5 aromatic carbocycles. The van der Waals surface area contributed by atoms with Crippen LogP contribution in [0.15, 0.2) is 121 Å². The van der Waals surface area contributed by atoms with Gasteiger partial charge in [-0.25, -0.2) is 0 Å². The van der Waals surface area contributed by atoms with E-state index < -0.39 is 0 Å². The van der Waals surface area contributed by atoms with Crippen LogP contribution >= 0.6 is 0 Å². The van der Waals surface area contributed by atoms with E-state index in [1.807, 2.05) is 36.4 Å². The van der Waals surface area contributed by atoms with Crippen LogP contribution < -0.4 is 0 Å². The summed E-state index contributed by atoms with van der Waals surface area (Å²) in [4.78, 5) is 0. The Bertz CT molecular complexity index is 1380. The van der Waals surface area contributed by atoms with Gasteiger partial charge in [-0.3, -0.25) is 0 Å². The molecule has 0 N–H and O–H groups in total. The van der Waals surface area contributed by atoms with E-state index in [0.717, 1.165) is 50.1 Å². The zero-order valence-electron chi connectivity index (χ0n) is 17.6. The monoisotopic (exact) mass is 405 g/mol. The minimum atomic E-state index is 0.862. The zero-order chi connectivity index (χ0) is 21.8. The lowest BCUT2D eigenvalue weighted by molar-refractivity contribution is 1.51. The number of hydrogen-bond donors (Lipinski definition) is 0. The maximum absolute atomic E-state index is 6.19. The quantitative estimate of drug-likeness (QED) is 0.265. The number of hydrogen-bond acceptors (Lipinski definition) is 0. The summed E-state index contributed by atoms with van der Waals surface area (Å²) in [6, 6.07) is 45.4. The lowest BCUT2D eigenvalue weighted by Gasteiger charge is -2.21. The summed E-state index contributed by atoms with van der Waals surface area (Å²) in [5, 5.41) is 0. The standard InChI is InChI=1S/C32H21/c1-2-28-29(24-15-7-3-8-16-24)23-30(25-17-9-4-10-18-25)32(27-21-13-6-14-22-27)31(28)26-19-11-5-12-20-26/h1,3-22H. The minimum absolute atomic E-state index is 0.862. The maximum atomic E-state index is 6.19. The van der Waals surface area contributed by atoms with Crippen LogP contribution in [0, 0.1) is 18.4 Å². The molecule has 0 fully saturated rings. The van der Waals surface area contributed by atoms with Gasteiger partial charge in [0.25, 0.3) is 0 Å². The van der Waals surface area contributed by atoms with Crippen molar-refractivity contribution in [3.8, 4) is 56.9 Å². The van der Waals surface area contributed by atoms with Crippen LogP contribution in [-0.2, 0) is 0 Å². The Morgan fingerprint density at radius 2 is 0.812 bits per heavy atom. The van der Waals surface area contributed by atoms with Crippen LogP contribution in [0.4, 0.5) is 0 Å². The molecule has 0 spiro atoms. The summed E-state index contributed by atoms with van der Waals surface area (Å²) in [6.07, 6.45) is 6.19. The summed E-state index contributed by atoms with van der Waals surface area (Å²) >= 11 is 0. The second-order valence-corrected chi connectivity index (χ2v) is 7.61. The Morgan fingerprint density at radius 3 is 1.25 bits per heavy atom. The zero-order valence-corrected chi connectivity index (χ0v) is 17.6. The largest absolute Gasteiger partial charge is 0.115 e. The predicted octanol–water partition coefficient (Wildman–Crippen LogP) is 8.14. The molecule has 32 heavy (non-hydrogen) atoms. The summed E-state index contributed by atoms with van der Waals surface area (Å²) in [5.41, 5.74) is 9.44. The minimum Gasteiger partial charge on any atom is -0.115 e. The van der Waals surface area contributed by atoms with E-state index in [0.29, 0.717) is 0 Å². The van der Waals surface area contributed by atoms with Gasteiger partial charge in [0, 0.05) is 22.8 Å². The Morgan fingerprint density at radius 1 is 0.438 bits per heavy atom. The Hall–Kier alpha value is -4.34. The molecule has 0 saturated heterocycles. The van der Waals surface area contributed by atoms with Gasteiger partial charge in [-0.05, 0) is 33.4 Å². The molecule has 0 amide bonds. The molecule has 0 heterocycles. The highest BCUT2D eigenvalue weighted by atomic mass is 14.2. The van der Waals surface area contributed by atoms with Crippen molar-refractivity contribution in [3.63, 3.8) is 0 Å². The highest BCUT2D eigenvalue weighted by molar-refractivity contribution is 6.01. The molecule has 0 bridgehead atoms. The van der Waals surface area contributed by atoms with Crippen LogP contribution in [0.2, 0.25) is 0 Å². The van der Waals surface area contributed by atoms with Crippen molar-refractivity contribution in [1.82, 2.24) is 0 Å². The van der Waals surface area contributed by atoms with Gasteiger partial charge in [-0.1, -0.05) is 127 Å². The summed E-state index contributed by atoms with van der Waals surface area (Å²) < 4.78 is 0. The third-order valence-corrected chi connectivity index (χ3v) is 5.64. The van der Waals surface area contributed by atoms with Gasteiger partial charge in [-0.2, -0.15) is 0 Å². The van der Waals surface area contributed by atoms with Crippen molar-refractivity contribution < 1.29 is 0 Å². The molecule has 0 aliphatic rings. The van der Waals surface area contributed by atoms with Crippen molar-refractivity contribution in [1.29, 1.82) is 0 Å². The second kappa shape index (κ2) is 8.80. The Labute approximate surface area is 189 Å². The van der Waals surface area contributed by atoms with Crippen molar-refractivity contribution in [3.05, 3.63) is 133 Å². The fraction of sp³-hybridized carbons (Fsp3) is 0. The normalized spacial score (nSPS) is 10.5. The van der Waals surface area contributed by atoms with Gasteiger partial charge >= 0.3 is 0 Å². The molecule has 5 rings (SSSR count). The van der Waals surface area contributed by atoms with Crippen molar-refractivity contribution >= 4 is 0 Å². The SMILES string of the molecule is C#Cc1c(-c2ccccc2)[c]c(-c2ccccc2)c(-c2ccccc2)c1-c1ccccc1. The molecule has 0 aromatic heterocycles. The molecule has 1 radical (unpaired) electrons. The van der Waals surface area contributed by atoms with Gasteiger partial charge < -0.3 is 0 Å². The third kappa shape index (κ3) is 3.62. The highest BCUT2D eigenvalue weighted by Gasteiger charge is 2.21. The number of terminal acetylenes is 1. The summed E-state index contributed by atoms with van der Waals surface area (Å²) in [5.74, 6) is 3.02. The first-order valence-electron chi connectivity index (χ1n) is 10.7. The van der Waals surface area contributed by atoms with Crippen LogP contribution in [0.1, 0.15) is 5.56 Å². The third-order valence-electron chi connectivity index (χ3n) is 5.64. The number of benzene rings is 5. The van der Waals surface area contributed by atoms with E-state index in [1.165, 1.54) is 0 Å². The fourth-order valence-corrected chi connectivity index (χ4v) is 4.20. The highest BCUT2D eigenvalue weighted by Crippen LogP contribution is 2.45. The average Bonchev–Trinajstić information content (AvgIpc) is 2.89. The van der Waals surface area contributed by atoms with E-state index in [4.69, 9.17) is 6.42 Å². The lowest BCUT2D eigenvalue weighted by atomic mass is 9.81. The van der Waals surface area contributed by atoms with Gasteiger partial charge in [0.1, 0.15) is 0 Å². The van der Waals surface area contributed by atoms with E-state index in [2.05, 4.69) is 96.9 Å². The van der Waals surface area contributed by atoms with E-state index >= 15 is 0 Å². The van der Waals surface area contributed by atoms with Crippen molar-refractivity contribution in [2.24, 2.45) is 0 Å². The van der Waals surface area contributed by atoms with Gasteiger partial charge in [-0.15, -0.1) is 6.42 Å². The molecule has 149 valence electrons. The molecular formula is C32H21. The second-order valence-electron chi connectivity index (χ2n) is 7.61. The first-order chi connectivity index (χ1) is 15.9.